The zero-order chi connectivity index (χ0) is 33.0. The maximum Gasteiger partial charge on any atom is 0.303 e. The van der Waals surface area contributed by atoms with Crippen molar-refractivity contribution in [1.29, 1.82) is 0 Å². The minimum Gasteiger partial charge on any atom is -0.481 e. The smallest absolute Gasteiger partial charge is 0.303 e. The first-order chi connectivity index (χ1) is 21.1. The monoisotopic (exact) mass is 638 g/mol. The van der Waals surface area contributed by atoms with Crippen molar-refractivity contribution >= 4 is 48.5 Å². The molecule has 1 unspecified atom stereocenters. The van der Waals surface area contributed by atoms with E-state index in [9.17, 15) is 29.4 Å². The predicted octanol–water partition coefficient (Wildman–Crippen LogP) is 3.48. The molecule has 0 spiro atoms. The quantitative estimate of drug-likeness (QED) is 0.104. The van der Waals surface area contributed by atoms with Crippen LogP contribution in [0.3, 0.4) is 0 Å². The van der Waals surface area contributed by atoms with Gasteiger partial charge in [0, 0.05) is 58.8 Å². The number of amides is 2. The molecular formula is C33H42N4O7S. The third-order valence-corrected chi connectivity index (χ3v) is 10.4. The SMILES string of the molecule is C=C[C@]12O[C@@]1(C)[C@@H](CC1N/C(=C\c3[nH]c(/C=C4\NC(=O)[C@H](C)[C@H]4[C@@H](C)S)c(C)c3CCC(=O)O)C(CCC(=O)O)=C1C)NC2=O. The average Bonchev–Trinajstić information content (AvgIpc) is 3.05. The van der Waals surface area contributed by atoms with Gasteiger partial charge in [-0.05, 0) is 80.5 Å². The van der Waals surface area contributed by atoms with Gasteiger partial charge < -0.3 is 35.9 Å². The molecule has 0 radical (unpaired) electrons. The van der Waals surface area contributed by atoms with E-state index in [-0.39, 0.29) is 60.2 Å². The largest absolute Gasteiger partial charge is 0.481 e. The van der Waals surface area contributed by atoms with Crippen LogP contribution in [-0.2, 0) is 30.3 Å². The summed E-state index contributed by atoms with van der Waals surface area (Å²) < 4.78 is 5.89. The molecule has 12 heteroatoms. The number of allylic oxidation sites excluding steroid dienone is 2. The number of ether oxygens (including phenoxy) is 1. The van der Waals surface area contributed by atoms with Crippen LogP contribution in [0.25, 0.3) is 12.2 Å². The van der Waals surface area contributed by atoms with Crippen LogP contribution < -0.4 is 16.0 Å². The number of thiol groups is 1. The third-order valence-electron chi connectivity index (χ3n) is 10.1. The minimum atomic E-state index is -1.02. The fourth-order valence-corrected chi connectivity index (χ4v) is 7.71. The van der Waals surface area contributed by atoms with Crippen LogP contribution in [0.15, 0.2) is 35.2 Å². The number of carboxylic acids is 2. The van der Waals surface area contributed by atoms with E-state index in [0.29, 0.717) is 18.5 Å². The summed E-state index contributed by atoms with van der Waals surface area (Å²) in [7, 11) is 0. The highest BCUT2D eigenvalue weighted by Gasteiger charge is 2.78. The number of aromatic nitrogens is 1. The van der Waals surface area contributed by atoms with Crippen molar-refractivity contribution in [3.63, 3.8) is 0 Å². The summed E-state index contributed by atoms with van der Waals surface area (Å²) in [5.41, 5.74) is 4.74. The van der Waals surface area contributed by atoms with Crippen molar-refractivity contribution in [3.8, 4) is 0 Å². The Hall–Kier alpha value is -3.77. The number of fused-ring (bicyclic) bond motifs is 1. The zero-order valence-corrected chi connectivity index (χ0v) is 27.1. The van der Waals surface area contributed by atoms with E-state index in [1.807, 2.05) is 46.8 Å². The summed E-state index contributed by atoms with van der Waals surface area (Å²) in [6.45, 7) is 13.4. The first-order valence-electron chi connectivity index (χ1n) is 15.3. The van der Waals surface area contributed by atoms with E-state index < -0.39 is 23.1 Å². The Morgan fingerprint density at radius 1 is 1.09 bits per heavy atom. The number of morpholine rings is 1. The first-order valence-corrected chi connectivity index (χ1v) is 15.8. The Labute approximate surface area is 268 Å². The molecule has 0 aromatic carbocycles. The van der Waals surface area contributed by atoms with Crippen molar-refractivity contribution in [2.45, 2.75) is 95.3 Å². The maximum atomic E-state index is 12.7. The van der Waals surface area contributed by atoms with Gasteiger partial charge >= 0.3 is 11.9 Å². The van der Waals surface area contributed by atoms with E-state index in [1.54, 1.807) is 6.08 Å². The summed E-state index contributed by atoms with van der Waals surface area (Å²) in [6, 6.07) is -0.473. The normalized spacial score (nSPS) is 32.8. The number of aromatic amines is 1. The molecule has 4 aliphatic heterocycles. The van der Waals surface area contributed by atoms with Gasteiger partial charge in [0.05, 0.1) is 6.04 Å². The van der Waals surface area contributed by atoms with Gasteiger partial charge in [-0.15, -0.1) is 0 Å². The molecule has 3 fully saturated rings. The molecule has 45 heavy (non-hydrogen) atoms. The number of nitrogens with one attached hydrogen (secondary N) is 4. The number of carbonyl (C=O) groups is 4. The first kappa shape index (κ1) is 32.6. The molecule has 0 saturated carbocycles. The Balaban J connectivity index is 1.51. The summed E-state index contributed by atoms with van der Waals surface area (Å²) in [5.74, 6) is -2.45. The van der Waals surface area contributed by atoms with Crippen molar-refractivity contribution in [3.05, 3.63) is 57.7 Å². The van der Waals surface area contributed by atoms with Gasteiger partial charge in [0.1, 0.15) is 5.60 Å². The van der Waals surface area contributed by atoms with Gasteiger partial charge in [-0.2, -0.15) is 12.6 Å². The molecule has 1 aromatic heterocycles. The molecular weight excluding hydrogens is 596 g/mol. The van der Waals surface area contributed by atoms with E-state index >= 15 is 0 Å². The maximum absolute atomic E-state index is 12.7. The Morgan fingerprint density at radius 2 is 1.76 bits per heavy atom. The van der Waals surface area contributed by atoms with Crippen LogP contribution in [0, 0.1) is 18.8 Å². The van der Waals surface area contributed by atoms with Crippen molar-refractivity contribution < 1.29 is 34.1 Å². The molecule has 7 atom stereocenters. The third kappa shape index (κ3) is 5.63. The molecule has 2 amide bonds. The van der Waals surface area contributed by atoms with Crippen LogP contribution in [0.5, 0.6) is 0 Å². The van der Waals surface area contributed by atoms with Crippen molar-refractivity contribution in [2.24, 2.45) is 11.8 Å². The highest BCUT2D eigenvalue weighted by atomic mass is 32.1. The minimum absolute atomic E-state index is 0.0624. The van der Waals surface area contributed by atoms with Gasteiger partial charge in [-0.1, -0.05) is 20.4 Å². The van der Waals surface area contributed by atoms with Gasteiger partial charge in [-0.25, -0.2) is 0 Å². The zero-order valence-electron chi connectivity index (χ0n) is 26.2. The molecule has 0 bridgehead atoms. The molecule has 0 aliphatic carbocycles. The highest BCUT2D eigenvalue weighted by Crippen LogP contribution is 2.56. The lowest BCUT2D eigenvalue weighted by Gasteiger charge is -2.23. The number of rotatable bonds is 12. The number of carboxylic acid groups (broad SMARTS) is 2. The number of carbonyl (C=O) groups excluding carboxylic acids is 2. The van der Waals surface area contributed by atoms with Gasteiger partial charge in [-0.3, -0.25) is 19.2 Å². The van der Waals surface area contributed by atoms with Gasteiger partial charge in [0.2, 0.25) is 5.91 Å². The standard InChI is InChI=1S/C33H42N4O7S/c1-7-33-31(43)37-26(32(33,6)44-33)14-22-16(3)20(9-11-28(40)41)24(35-22)13-23-19(8-10-27(38)39)15(2)21(34-23)12-25-29(18(5)45)17(4)30(42)36-25/h7,12-13,17-18,22,26,29,34-35,45H,1,8-11,14H2,2-6H3,(H,36,42)(H,37,43)(H,38,39)(H,40,41)/b24-13-,25-12-/t17-,18-,22?,26-,29+,32+,33-/m1/s1. The molecule has 3 saturated heterocycles. The van der Waals surface area contributed by atoms with Crippen LogP contribution in [0.2, 0.25) is 0 Å². The predicted molar refractivity (Wildman–Crippen MR) is 172 cm³/mol. The van der Waals surface area contributed by atoms with E-state index in [4.69, 9.17) is 4.74 Å². The molecule has 242 valence electrons. The average molecular weight is 639 g/mol. The molecule has 5 rings (SSSR count). The molecule has 1 aromatic rings. The lowest BCUT2D eigenvalue weighted by atomic mass is 9.87. The molecule has 4 aliphatic rings. The Morgan fingerprint density at radius 3 is 2.33 bits per heavy atom. The lowest BCUT2D eigenvalue weighted by molar-refractivity contribution is -0.138. The Bertz CT molecular complexity index is 1570. The second-order valence-electron chi connectivity index (χ2n) is 12.8. The number of hydrogen-bond acceptors (Lipinski definition) is 7. The lowest BCUT2D eigenvalue weighted by Crippen LogP contribution is -2.42. The van der Waals surface area contributed by atoms with Gasteiger partial charge in [0.25, 0.3) is 5.91 Å². The second-order valence-corrected chi connectivity index (χ2v) is 13.6. The Kier molecular flexibility index (Phi) is 8.60. The van der Waals surface area contributed by atoms with Crippen LogP contribution in [-0.4, -0.2) is 67.5 Å². The summed E-state index contributed by atoms with van der Waals surface area (Å²) in [5, 5.41) is 28.5. The topological polar surface area (TPSA) is 173 Å². The van der Waals surface area contributed by atoms with Crippen LogP contribution in [0.4, 0.5) is 0 Å². The van der Waals surface area contributed by atoms with Crippen LogP contribution >= 0.6 is 12.6 Å². The number of aliphatic carboxylic acids is 2. The van der Waals surface area contributed by atoms with E-state index in [2.05, 4.69) is 40.1 Å². The fourth-order valence-electron chi connectivity index (χ4n) is 7.29. The summed E-state index contributed by atoms with van der Waals surface area (Å²) >= 11 is 4.63. The van der Waals surface area contributed by atoms with Gasteiger partial charge in [0.15, 0.2) is 5.60 Å². The molecule has 11 nitrogen and oxygen atoms in total. The van der Waals surface area contributed by atoms with E-state index in [0.717, 1.165) is 39.4 Å². The number of epoxide rings is 1. The second kappa shape index (κ2) is 11.9. The number of H-pyrrole nitrogens is 1. The number of hydrogen-bond donors (Lipinski definition) is 7. The molecule has 5 heterocycles. The highest BCUT2D eigenvalue weighted by molar-refractivity contribution is 7.80. The summed E-state index contributed by atoms with van der Waals surface area (Å²) in [4.78, 5) is 51.8. The van der Waals surface area contributed by atoms with E-state index in [1.165, 1.54) is 0 Å². The van der Waals surface area contributed by atoms with Crippen LogP contribution in [0.1, 0.15) is 75.9 Å². The molecule has 6 N–H and O–H groups in total. The fraction of sp³-hybridized carbons (Fsp3) is 0.515. The van der Waals surface area contributed by atoms with Crippen molar-refractivity contribution in [2.75, 3.05) is 0 Å². The van der Waals surface area contributed by atoms with Crippen molar-refractivity contribution in [1.82, 2.24) is 20.9 Å². The summed E-state index contributed by atoms with van der Waals surface area (Å²) in [6.07, 6.45) is 6.33.